The SMILES string of the molecule is NC(=O)c1csc(C=O)c1. The van der Waals surface area contributed by atoms with Crippen molar-refractivity contribution in [3.8, 4) is 0 Å². The smallest absolute Gasteiger partial charge is 0.249 e. The molecule has 1 aromatic heterocycles. The molecule has 0 radical (unpaired) electrons. The lowest BCUT2D eigenvalue weighted by molar-refractivity contribution is 0.100. The Morgan fingerprint density at radius 3 is 2.70 bits per heavy atom. The van der Waals surface area contributed by atoms with Gasteiger partial charge in [-0.3, -0.25) is 9.59 Å². The van der Waals surface area contributed by atoms with Gasteiger partial charge in [0.15, 0.2) is 6.29 Å². The Morgan fingerprint density at radius 1 is 1.70 bits per heavy atom. The lowest BCUT2D eigenvalue weighted by Gasteiger charge is -1.81. The highest BCUT2D eigenvalue weighted by Crippen LogP contribution is 2.10. The van der Waals surface area contributed by atoms with Crippen molar-refractivity contribution >= 4 is 23.5 Å². The molecule has 0 aliphatic rings. The van der Waals surface area contributed by atoms with Crippen molar-refractivity contribution in [1.82, 2.24) is 0 Å². The van der Waals surface area contributed by atoms with E-state index in [9.17, 15) is 9.59 Å². The molecule has 0 saturated carbocycles. The molecule has 0 bridgehead atoms. The Hall–Kier alpha value is -1.16. The summed E-state index contributed by atoms with van der Waals surface area (Å²) in [5.41, 5.74) is 5.33. The first kappa shape index (κ1) is 6.95. The molecule has 0 unspecified atom stereocenters. The van der Waals surface area contributed by atoms with E-state index in [4.69, 9.17) is 5.73 Å². The van der Waals surface area contributed by atoms with Gasteiger partial charge in [0, 0.05) is 5.38 Å². The van der Waals surface area contributed by atoms with E-state index < -0.39 is 5.91 Å². The van der Waals surface area contributed by atoms with Crippen LogP contribution in [0.2, 0.25) is 0 Å². The van der Waals surface area contributed by atoms with Crippen LogP contribution in [0.4, 0.5) is 0 Å². The number of amides is 1. The zero-order chi connectivity index (χ0) is 7.56. The zero-order valence-corrected chi connectivity index (χ0v) is 5.85. The normalized spacial score (nSPS) is 9.20. The average molecular weight is 155 g/mol. The Balaban J connectivity index is 2.98. The number of aldehydes is 1. The minimum Gasteiger partial charge on any atom is -0.366 e. The molecule has 0 atom stereocenters. The summed E-state index contributed by atoms with van der Waals surface area (Å²) in [6.07, 6.45) is 0.692. The molecule has 0 aliphatic carbocycles. The summed E-state index contributed by atoms with van der Waals surface area (Å²) in [5, 5.41) is 1.56. The second kappa shape index (κ2) is 2.62. The molecule has 1 rings (SSSR count). The van der Waals surface area contributed by atoms with Gasteiger partial charge in [0.05, 0.1) is 10.4 Å². The summed E-state index contributed by atoms with van der Waals surface area (Å²) in [6.45, 7) is 0. The predicted octanol–water partition coefficient (Wildman–Crippen LogP) is 0.660. The summed E-state index contributed by atoms with van der Waals surface area (Å²) in [5.74, 6) is -0.496. The molecule has 0 aromatic carbocycles. The third kappa shape index (κ3) is 1.22. The van der Waals surface area contributed by atoms with E-state index in [0.29, 0.717) is 16.7 Å². The zero-order valence-electron chi connectivity index (χ0n) is 5.03. The van der Waals surface area contributed by atoms with Crippen LogP contribution in [-0.2, 0) is 0 Å². The van der Waals surface area contributed by atoms with E-state index in [1.165, 1.54) is 17.4 Å². The largest absolute Gasteiger partial charge is 0.366 e. The molecule has 3 nitrogen and oxygen atoms in total. The quantitative estimate of drug-likeness (QED) is 0.638. The summed E-state index contributed by atoms with van der Waals surface area (Å²) in [7, 11) is 0. The van der Waals surface area contributed by atoms with Crippen LogP contribution in [0.15, 0.2) is 11.4 Å². The maximum Gasteiger partial charge on any atom is 0.249 e. The van der Waals surface area contributed by atoms with E-state index in [0.717, 1.165) is 0 Å². The van der Waals surface area contributed by atoms with Gasteiger partial charge in [-0.05, 0) is 6.07 Å². The molecule has 10 heavy (non-hydrogen) atoms. The molecule has 1 amide bonds. The van der Waals surface area contributed by atoms with E-state index in [-0.39, 0.29) is 0 Å². The number of hydrogen-bond acceptors (Lipinski definition) is 3. The highest BCUT2D eigenvalue weighted by Gasteiger charge is 2.02. The summed E-state index contributed by atoms with van der Waals surface area (Å²) >= 11 is 1.21. The molecule has 1 aromatic rings. The third-order valence-corrected chi connectivity index (χ3v) is 1.88. The van der Waals surface area contributed by atoms with Gasteiger partial charge in [0.25, 0.3) is 0 Å². The van der Waals surface area contributed by atoms with Crippen molar-refractivity contribution in [3.63, 3.8) is 0 Å². The first-order valence-electron chi connectivity index (χ1n) is 2.57. The monoisotopic (exact) mass is 155 g/mol. The fraction of sp³-hybridized carbons (Fsp3) is 0. The molecule has 0 aliphatic heterocycles. The van der Waals surface area contributed by atoms with E-state index >= 15 is 0 Å². The fourth-order valence-corrected chi connectivity index (χ4v) is 1.24. The van der Waals surface area contributed by atoms with Crippen molar-refractivity contribution in [2.24, 2.45) is 5.73 Å². The maximum absolute atomic E-state index is 10.4. The van der Waals surface area contributed by atoms with Crippen molar-refractivity contribution in [2.45, 2.75) is 0 Å². The number of primary amides is 1. The summed E-state index contributed by atoms with van der Waals surface area (Å²) < 4.78 is 0. The first-order chi connectivity index (χ1) is 4.74. The molecular weight excluding hydrogens is 150 g/mol. The van der Waals surface area contributed by atoms with Crippen LogP contribution in [0.25, 0.3) is 0 Å². The molecule has 0 spiro atoms. The standard InChI is InChI=1S/C6H5NO2S/c7-6(9)4-1-5(2-8)10-3-4/h1-3H,(H2,7,9). The minimum absolute atomic E-state index is 0.395. The lowest BCUT2D eigenvalue weighted by atomic mass is 10.3. The van der Waals surface area contributed by atoms with Gasteiger partial charge < -0.3 is 5.73 Å². The van der Waals surface area contributed by atoms with Gasteiger partial charge in [-0.25, -0.2) is 0 Å². The second-order valence-electron chi connectivity index (χ2n) is 1.72. The van der Waals surface area contributed by atoms with Gasteiger partial charge in [0.2, 0.25) is 5.91 Å². The van der Waals surface area contributed by atoms with Crippen LogP contribution in [0.3, 0.4) is 0 Å². The topological polar surface area (TPSA) is 60.2 Å². The number of thiophene rings is 1. The van der Waals surface area contributed by atoms with Gasteiger partial charge in [0.1, 0.15) is 0 Å². The van der Waals surface area contributed by atoms with E-state index in [1.807, 2.05) is 0 Å². The number of rotatable bonds is 2. The van der Waals surface area contributed by atoms with E-state index in [1.54, 1.807) is 5.38 Å². The molecule has 2 N–H and O–H groups in total. The Morgan fingerprint density at radius 2 is 2.40 bits per heavy atom. The Bertz CT molecular complexity index is 266. The predicted molar refractivity (Wildman–Crippen MR) is 38.2 cm³/mol. The maximum atomic E-state index is 10.4. The van der Waals surface area contributed by atoms with Gasteiger partial charge >= 0.3 is 0 Å². The van der Waals surface area contributed by atoms with Crippen LogP contribution in [0, 0.1) is 0 Å². The first-order valence-corrected chi connectivity index (χ1v) is 3.45. The van der Waals surface area contributed by atoms with Gasteiger partial charge in [-0.2, -0.15) is 0 Å². The third-order valence-electron chi connectivity index (χ3n) is 1.02. The lowest BCUT2D eigenvalue weighted by Crippen LogP contribution is -2.09. The van der Waals surface area contributed by atoms with Gasteiger partial charge in [-0.15, -0.1) is 11.3 Å². The van der Waals surface area contributed by atoms with Crippen LogP contribution in [-0.4, -0.2) is 12.2 Å². The molecule has 4 heteroatoms. The molecular formula is C6H5NO2S. The van der Waals surface area contributed by atoms with Crippen molar-refractivity contribution < 1.29 is 9.59 Å². The van der Waals surface area contributed by atoms with Crippen molar-refractivity contribution in [3.05, 3.63) is 21.9 Å². The molecule has 0 fully saturated rings. The van der Waals surface area contributed by atoms with Crippen molar-refractivity contribution in [1.29, 1.82) is 0 Å². The molecule has 1 heterocycles. The Kier molecular flexibility index (Phi) is 1.82. The highest BCUT2D eigenvalue weighted by molar-refractivity contribution is 7.12. The minimum atomic E-state index is -0.496. The average Bonchev–Trinajstić information content (AvgIpc) is 2.34. The number of carbonyl (C=O) groups excluding carboxylic acids is 2. The van der Waals surface area contributed by atoms with Crippen LogP contribution in [0.1, 0.15) is 20.0 Å². The number of hydrogen-bond donors (Lipinski definition) is 1. The molecule has 0 saturated heterocycles. The highest BCUT2D eigenvalue weighted by atomic mass is 32.1. The van der Waals surface area contributed by atoms with Crippen molar-refractivity contribution in [2.75, 3.05) is 0 Å². The summed E-state index contributed by atoms with van der Waals surface area (Å²) in [4.78, 5) is 21.1. The van der Waals surface area contributed by atoms with E-state index in [2.05, 4.69) is 0 Å². The second-order valence-corrected chi connectivity index (χ2v) is 2.66. The van der Waals surface area contributed by atoms with Gasteiger partial charge in [-0.1, -0.05) is 0 Å². The number of carbonyl (C=O) groups is 2. The Labute approximate surface area is 61.5 Å². The van der Waals surface area contributed by atoms with Crippen LogP contribution in [0.5, 0.6) is 0 Å². The van der Waals surface area contributed by atoms with Crippen LogP contribution < -0.4 is 5.73 Å². The molecule has 52 valence electrons. The number of nitrogens with two attached hydrogens (primary N) is 1. The fourth-order valence-electron chi connectivity index (χ4n) is 0.544. The van der Waals surface area contributed by atoms with Crippen LogP contribution >= 0.6 is 11.3 Å². The summed E-state index contributed by atoms with van der Waals surface area (Å²) in [6, 6.07) is 1.47.